The fraction of sp³-hybridized carbons (Fsp3) is 0.800. The lowest BCUT2D eigenvalue weighted by Crippen LogP contribution is -2.20. The Kier molecular flexibility index (Phi) is 20.0. The smallest absolute Gasteiger partial charge is 0.330 e. The predicted octanol–water partition coefficient (Wildman–Crippen LogP) is 4.40. The highest BCUT2D eigenvalue weighted by atomic mass is 16.5. The standard InChI is InChI=1S/2C10H19NO2/c2*1-4-6-7-8-13-10(12)9(5-2)11-3/h2*9H,3-8H2,1-2H3/t2*9-/m11/s1. The zero-order chi connectivity index (χ0) is 20.2. The van der Waals surface area contributed by atoms with E-state index in [-0.39, 0.29) is 24.0 Å². The van der Waals surface area contributed by atoms with E-state index in [0.717, 1.165) is 38.5 Å². The molecule has 0 aliphatic heterocycles. The van der Waals surface area contributed by atoms with Gasteiger partial charge in [-0.05, 0) is 39.1 Å². The van der Waals surface area contributed by atoms with Gasteiger partial charge in [0, 0.05) is 0 Å². The van der Waals surface area contributed by atoms with Gasteiger partial charge in [-0.3, -0.25) is 9.98 Å². The van der Waals surface area contributed by atoms with E-state index >= 15 is 0 Å². The summed E-state index contributed by atoms with van der Waals surface area (Å²) in [5.41, 5.74) is 0. The van der Waals surface area contributed by atoms with Gasteiger partial charge in [-0.2, -0.15) is 0 Å². The molecular formula is C20H38N2O4. The maximum absolute atomic E-state index is 11.2. The number of rotatable bonds is 14. The molecule has 0 spiro atoms. The van der Waals surface area contributed by atoms with Gasteiger partial charge in [0.25, 0.3) is 0 Å². The van der Waals surface area contributed by atoms with Gasteiger partial charge in [-0.25, -0.2) is 9.59 Å². The lowest BCUT2D eigenvalue weighted by atomic mass is 10.2. The summed E-state index contributed by atoms with van der Waals surface area (Å²) < 4.78 is 10.0. The van der Waals surface area contributed by atoms with Gasteiger partial charge in [0.15, 0.2) is 0 Å². The van der Waals surface area contributed by atoms with Crippen molar-refractivity contribution >= 4 is 25.4 Å². The van der Waals surface area contributed by atoms with Crippen LogP contribution < -0.4 is 0 Å². The number of aliphatic imine (C=N–C) groups is 2. The second-order valence-corrected chi connectivity index (χ2v) is 5.96. The minimum atomic E-state index is -0.373. The molecule has 0 saturated heterocycles. The molecule has 0 saturated carbocycles. The summed E-state index contributed by atoms with van der Waals surface area (Å²) in [5, 5.41) is 0. The predicted molar refractivity (Wildman–Crippen MR) is 108 cm³/mol. The van der Waals surface area contributed by atoms with Crippen LogP contribution in [0.4, 0.5) is 0 Å². The molecule has 0 bridgehead atoms. The average Bonchev–Trinajstić information content (AvgIpc) is 2.65. The fourth-order valence-corrected chi connectivity index (χ4v) is 1.98. The number of esters is 2. The summed E-state index contributed by atoms with van der Waals surface area (Å²) in [6, 6.07) is -0.747. The molecule has 0 amide bonds. The first-order chi connectivity index (χ1) is 12.5. The topological polar surface area (TPSA) is 77.3 Å². The Bertz CT molecular complexity index is 350. The Morgan fingerprint density at radius 2 is 1.08 bits per heavy atom. The molecule has 0 rings (SSSR count). The SMILES string of the molecule is C=N[C@H](CC)C(=O)OCCCCC.C=N[C@H](CC)C(=O)OCCCCC. The number of hydrogen-bond donors (Lipinski definition) is 0. The second-order valence-electron chi connectivity index (χ2n) is 5.96. The Balaban J connectivity index is 0. The quantitative estimate of drug-likeness (QED) is 0.258. The summed E-state index contributed by atoms with van der Waals surface area (Å²) in [4.78, 5) is 29.8. The number of carbonyl (C=O) groups excluding carboxylic acids is 2. The molecule has 26 heavy (non-hydrogen) atoms. The molecule has 6 heteroatoms. The van der Waals surface area contributed by atoms with Crippen LogP contribution in [-0.2, 0) is 19.1 Å². The van der Waals surface area contributed by atoms with E-state index in [1.165, 1.54) is 0 Å². The van der Waals surface area contributed by atoms with Gasteiger partial charge in [-0.1, -0.05) is 53.4 Å². The summed E-state index contributed by atoms with van der Waals surface area (Å²) in [6.45, 7) is 15.7. The van der Waals surface area contributed by atoms with Crippen molar-refractivity contribution in [2.75, 3.05) is 13.2 Å². The highest BCUT2D eigenvalue weighted by Crippen LogP contribution is 2.02. The number of nitrogens with zero attached hydrogens (tertiary/aromatic N) is 2. The van der Waals surface area contributed by atoms with Crippen molar-refractivity contribution in [1.29, 1.82) is 0 Å². The molecule has 2 atom stereocenters. The first kappa shape index (κ1) is 26.5. The van der Waals surface area contributed by atoms with E-state index in [1.54, 1.807) is 0 Å². The van der Waals surface area contributed by atoms with Gasteiger partial charge in [0.1, 0.15) is 12.1 Å². The van der Waals surface area contributed by atoms with Crippen LogP contribution in [0, 0.1) is 0 Å². The minimum absolute atomic E-state index is 0.242. The van der Waals surface area contributed by atoms with Crippen molar-refractivity contribution in [1.82, 2.24) is 0 Å². The monoisotopic (exact) mass is 370 g/mol. The van der Waals surface area contributed by atoms with Gasteiger partial charge in [0.05, 0.1) is 13.2 Å². The Hall–Kier alpha value is -1.72. The molecule has 0 unspecified atom stereocenters. The van der Waals surface area contributed by atoms with Crippen LogP contribution in [0.5, 0.6) is 0 Å². The van der Waals surface area contributed by atoms with Crippen molar-refractivity contribution < 1.29 is 19.1 Å². The van der Waals surface area contributed by atoms with Crippen LogP contribution in [0.3, 0.4) is 0 Å². The number of unbranched alkanes of at least 4 members (excludes halogenated alkanes) is 4. The third kappa shape index (κ3) is 14.6. The van der Waals surface area contributed by atoms with Crippen LogP contribution in [0.1, 0.15) is 79.1 Å². The van der Waals surface area contributed by atoms with Crippen LogP contribution in [0.15, 0.2) is 9.98 Å². The molecule has 6 nitrogen and oxygen atoms in total. The Morgan fingerprint density at radius 1 is 0.731 bits per heavy atom. The van der Waals surface area contributed by atoms with Gasteiger partial charge < -0.3 is 9.47 Å². The van der Waals surface area contributed by atoms with E-state index in [2.05, 4.69) is 37.3 Å². The molecule has 0 radical (unpaired) electrons. The average molecular weight is 371 g/mol. The first-order valence-electron chi connectivity index (χ1n) is 9.76. The molecule has 0 aromatic rings. The summed E-state index contributed by atoms with van der Waals surface area (Å²) in [7, 11) is 0. The van der Waals surface area contributed by atoms with Crippen LogP contribution in [0.25, 0.3) is 0 Å². The third-order valence-electron chi connectivity index (χ3n) is 3.74. The maximum atomic E-state index is 11.2. The minimum Gasteiger partial charge on any atom is -0.464 e. The van der Waals surface area contributed by atoms with Gasteiger partial charge >= 0.3 is 11.9 Å². The molecule has 0 N–H and O–H groups in total. The lowest BCUT2D eigenvalue weighted by molar-refractivity contribution is -0.146. The van der Waals surface area contributed by atoms with E-state index < -0.39 is 0 Å². The second kappa shape index (κ2) is 19.6. The molecular weight excluding hydrogens is 332 g/mol. The van der Waals surface area contributed by atoms with E-state index in [9.17, 15) is 9.59 Å². The van der Waals surface area contributed by atoms with Gasteiger partial charge in [-0.15, -0.1) is 0 Å². The largest absolute Gasteiger partial charge is 0.464 e. The van der Waals surface area contributed by atoms with Crippen LogP contribution in [0.2, 0.25) is 0 Å². The van der Waals surface area contributed by atoms with E-state index in [1.807, 2.05) is 13.8 Å². The molecule has 0 aromatic carbocycles. The van der Waals surface area contributed by atoms with Crippen molar-refractivity contribution in [2.45, 2.75) is 91.1 Å². The molecule has 0 aliphatic rings. The van der Waals surface area contributed by atoms with E-state index in [0.29, 0.717) is 26.1 Å². The third-order valence-corrected chi connectivity index (χ3v) is 3.74. The molecule has 152 valence electrons. The highest BCUT2D eigenvalue weighted by molar-refractivity contribution is 5.77. The van der Waals surface area contributed by atoms with Crippen molar-refractivity contribution in [3.63, 3.8) is 0 Å². The molecule has 0 aromatic heterocycles. The first-order valence-corrected chi connectivity index (χ1v) is 9.76. The van der Waals surface area contributed by atoms with Crippen molar-refractivity contribution in [3.8, 4) is 0 Å². The highest BCUT2D eigenvalue weighted by Gasteiger charge is 2.15. The van der Waals surface area contributed by atoms with E-state index in [4.69, 9.17) is 9.47 Å². The Labute approximate surface area is 159 Å². The zero-order valence-corrected chi connectivity index (χ0v) is 17.2. The fourth-order valence-electron chi connectivity index (χ4n) is 1.98. The summed E-state index contributed by atoms with van der Waals surface area (Å²) in [5.74, 6) is -0.484. The number of hydrogen-bond acceptors (Lipinski definition) is 6. The zero-order valence-electron chi connectivity index (χ0n) is 17.2. The number of carbonyl (C=O) groups is 2. The molecule has 0 aliphatic carbocycles. The maximum Gasteiger partial charge on any atom is 0.330 e. The Morgan fingerprint density at radius 3 is 1.31 bits per heavy atom. The lowest BCUT2D eigenvalue weighted by Gasteiger charge is -2.08. The number of ether oxygens (including phenoxy) is 2. The normalized spacial score (nSPS) is 12.2. The van der Waals surface area contributed by atoms with Gasteiger partial charge in [0.2, 0.25) is 0 Å². The summed E-state index contributed by atoms with van der Waals surface area (Å²) in [6.07, 6.45) is 7.68. The summed E-state index contributed by atoms with van der Waals surface area (Å²) >= 11 is 0. The molecule has 0 fully saturated rings. The van der Waals surface area contributed by atoms with Crippen LogP contribution >= 0.6 is 0 Å². The van der Waals surface area contributed by atoms with Crippen LogP contribution in [-0.4, -0.2) is 50.7 Å². The van der Waals surface area contributed by atoms with Crippen molar-refractivity contribution in [2.24, 2.45) is 9.98 Å². The van der Waals surface area contributed by atoms with Crippen molar-refractivity contribution in [3.05, 3.63) is 0 Å². The molecule has 0 heterocycles.